The number of amides is 2. The van der Waals surface area contributed by atoms with E-state index in [-0.39, 0.29) is 24.2 Å². The van der Waals surface area contributed by atoms with Gasteiger partial charge in [0.2, 0.25) is 23.5 Å². The predicted molar refractivity (Wildman–Crippen MR) is 108 cm³/mol. The number of nitrogens with zero attached hydrogens (tertiary/aromatic N) is 3. The summed E-state index contributed by atoms with van der Waals surface area (Å²) in [6, 6.07) is 15.3. The molecule has 2 aromatic carbocycles. The molecule has 2 amide bonds. The van der Waals surface area contributed by atoms with E-state index < -0.39 is 0 Å². The molecule has 0 spiro atoms. The Morgan fingerprint density at radius 3 is 2.79 bits per heavy atom. The Hall–Kier alpha value is -3.48. The summed E-state index contributed by atoms with van der Waals surface area (Å²) in [5.41, 5.74) is 3.69. The Morgan fingerprint density at radius 1 is 1.21 bits per heavy atom. The van der Waals surface area contributed by atoms with Crippen molar-refractivity contribution in [3.63, 3.8) is 0 Å². The second-order valence-electron chi connectivity index (χ2n) is 7.24. The summed E-state index contributed by atoms with van der Waals surface area (Å²) in [5.74, 6) is 0.413. The highest BCUT2D eigenvalue weighted by Crippen LogP contribution is 2.28. The van der Waals surface area contributed by atoms with Gasteiger partial charge in [0.25, 0.3) is 0 Å². The normalized spacial score (nSPS) is 16.3. The average Bonchev–Trinajstić information content (AvgIpc) is 3.33. The summed E-state index contributed by atoms with van der Waals surface area (Å²) in [5, 5.41) is 6.89. The molecule has 1 aromatic heterocycles. The summed E-state index contributed by atoms with van der Waals surface area (Å²) in [7, 11) is 0. The molecule has 0 aliphatic carbocycles. The van der Waals surface area contributed by atoms with Crippen molar-refractivity contribution in [3.8, 4) is 11.4 Å². The first kappa shape index (κ1) is 18.9. The lowest BCUT2D eigenvalue weighted by molar-refractivity contribution is -0.126. The van der Waals surface area contributed by atoms with Crippen molar-refractivity contribution in [1.82, 2.24) is 15.5 Å². The van der Waals surface area contributed by atoms with Crippen LogP contribution in [0.25, 0.3) is 11.4 Å². The van der Waals surface area contributed by atoms with Crippen molar-refractivity contribution in [2.75, 3.05) is 11.4 Å². The van der Waals surface area contributed by atoms with Crippen molar-refractivity contribution in [2.24, 2.45) is 5.92 Å². The lowest BCUT2D eigenvalue weighted by atomic mass is 10.1. The maximum atomic E-state index is 12.6. The number of aromatic nitrogens is 2. The fourth-order valence-corrected chi connectivity index (χ4v) is 3.50. The van der Waals surface area contributed by atoms with E-state index in [1.807, 2.05) is 55.5 Å². The molecule has 7 nitrogen and oxygen atoms in total. The fraction of sp³-hybridized carbons (Fsp3) is 0.273. The smallest absolute Gasteiger partial charge is 0.227 e. The van der Waals surface area contributed by atoms with Gasteiger partial charge in [-0.15, -0.1) is 0 Å². The van der Waals surface area contributed by atoms with E-state index in [9.17, 15) is 9.59 Å². The van der Waals surface area contributed by atoms with Crippen molar-refractivity contribution >= 4 is 17.5 Å². The van der Waals surface area contributed by atoms with Gasteiger partial charge in [-0.25, -0.2) is 0 Å². The van der Waals surface area contributed by atoms with Gasteiger partial charge in [-0.1, -0.05) is 41.6 Å². The number of hydrogen-bond donors (Lipinski definition) is 1. The zero-order chi connectivity index (χ0) is 20.4. The van der Waals surface area contributed by atoms with E-state index in [1.165, 1.54) is 0 Å². The molecular formula is C22H22N4O3. The minimum atomic E-state index is -0.373. The number of carbonyl (C=O) groups is 2. The molecular weight excluding hydrogens is 368 g/mol. The number of anilines is 1. The van der Waals surface area contributed by atoms with Gasteiger partial charge in [0.1, 0.15) is 0 Å². The van der Waals surface area contributed by atoms with Crippen LogP contribution in [0.15, 0.2) is 53.1 Å². The number of aryl methyl sites for hydroxylation is 2. The minimum absolute atomic E-state index is 0.0671. The monoisotopic (exact) mass is 390 g/mol. The van der Waals surface area contributed by atoms with Gasteiger partial charge in [-0.2, -0.15) is 4.98 Å². The molecule has 0 saturated carbocycles. The Bertz CT molecular complexity index is 1060. The van der Waals surface area contributed by atoms with Crippen molar-refractivity contribution < 1.29 is 14.1 Å². The van der Waals surface area contributed by atoms with Gasteiger partial charge in [0.15, 0.2) is 0 Å². The van der Waals surface area contributed by atoms with Crippen LogP contribution in [0.4, 0.5) is 5.69 Å². The van der Waals surface area contributed by atoms with Crippen LogP contribution in [-0.2, 0) is 16.1 Å². The van der Waals surface area contributed by atoms with Gasteiger partial charge < -0.3 is 14.7 Å². The SMILES string of the molecule is Cc1nc(-c2cccc(N3C[C@@H](C(=O)NCc4ccccc4C)CC3=O)c2)no1. The number of nitrogens with one attached hydrogen (secondary N) is 1. The van der Waals surface area contributed by atoms with Crippen LogP contribution in [0.3, 0.4) is 0 Å². The maximum Gasteiger partial charge on any atom is 0.227 e. The molecule has 0 bridgehead atoms. The first-order chi connectivity index (χ1) is 14.0. The van der Waals surface area contributed by atoms with E-state index in [1.54, 1.807) is 11.8 Å². The van der Waals surface area contributed by atoms with Crippen LogP contribution in [0.1, 0.15) is 23.4 Å². The summed E-state index contributed by atoms with van der Waals surface area (Å²) in [6.45, 7) is 4.56. The molecule has 1 fully saturated rings. The van der Waals surface area contributed by atoms with Crippen molar-refractivity contribution in [2.45, 2.75) is 26.8 Å². The van der Waals surface area contributed by atoms with E-state index in [4.69, 9.17) is 4.52 Å². The summed E-state index contributed by atoms with van der Waals surface area (Å²) >= 11 is 0. The molecule has 3 aromatic rings. The molecule has 2 heterocycles. The first-order valence-electron chi connectivity index (χ1n) is 9.54. The maximum absolute atomic E-state index is 12.6. The van der Waals surface area contributed by atoms with Crippen LogP contribution < -0.4 is 10.2 Å². The molecule has 1 saturated heterocycles. The second-order valence-corrected chi connectivity index (χ2v) is 7.24. The molecule has 1 aliphatic rings. The van der Waals surface area contributed by atoms with E-state index >= 15 is 0 Å². The third-order valence-electron chi connectivity index (χ3n) is 5.15. The molecule has 4 rings (SSSR count). The first-order valence-corrected chi connectivity index (χ1v) is 9.54. The molecule has 148 valence electrons. The molecule has 0 unspecified atom stereocenters. The predicted octanol–water partition coefficient (Wildman–Crippen LogP) is 3.02. The third-order valence-corrected chi connectivity index (χ3v) is 5.15. The standard InChI is InChI=1S/C22H22N4O3/c1-14-6-3-4-7-17(14)12-23-22(28)18-11-20(27)26(13-18)19-9-5-8-16(10-19)21-24-15(2)29-25-21/h3-10,18H,11-13H2,1-2H3,(H,23,28)/t18-/m0/s1. The summed E-state index contributed by atoms with van der Waals surface area (Å²) in [4.78, 5) is 31.1. The fourth-order valence-electron chi connectivity index (χ4n) is 3.50. The van der Waals surface area contributed by atoms with Crippen LogP contribution in [-0.4, -0.2) is 28.5 Å². The highest BCUT2D eigenvalue weighted by Gasteiger charge is 2.35. The highest BCUT2D eigenvalue weighted by atomic mass is 16.5. The van der Waals surface area contributed by atoms with E-state index in [2.05, 4.69) is 15.5 Å². The number of carbonyl (C=O) groups excluding carboxylic acids is 2. The van der Waals surface area contributed by atoms with Crippen LogP contribution in [0.2, 0.25) is 0 Å². The average molecular weight is 390 g/mol. The molecule has 1 aliphatic heterocycles. The zero-order valence-electron chi connectivity index (χ0n) is 16.4. The number of hydrogen-bond acceptors (Lipinski definition) is 5. The lowest BCUT2D eigenvalue weighted by Gasteiger charge is -2.17. The molecule has 0 radical (unpaired) electrons. The topological polar surface area (TPSA) is 88.3 Å². The van der Waals surface area contributed by atoms with Gasteiger partial charge in [0, 0.05) is 37.7 Å². The van der Waals surface area contributed by atoms with Gasteiger partial charge in [0.05, 0.1) is 5.92 Å². The van der Waals surface area contributed by atoms with E-state index in [0.717, 1.165) is 22.4 Å². The lowest BCUT2D eigenvalue weighted by Crippen LogP contribution is -2.32. The Morgan fingerprint density at radius 2 is 2.03 bits per heavy atom. The van der Waals surface area contributed by atoms with Gasteiger partial charge in [-0.05, 0) is 30.2 Å². The molecule has 7 heteroatoms. The summed E-state index contributed by atoms with van der Waals surface area (Å²) in [6.07, 6.45) is 0.200. The van der Waals surface area contributed by atoms with Crippen LogP contribution >= 0.6 is 0 Å². The summed E-state index contributed by atoms with van der Waals surface area (Å²) < 4.78 is 5.03. The minimum Gasteiger partial charge on any atom is -0.352 e. The number of rotatable bonds is 5. The van der Waals surface area contributed by atoms with Crippen molar-refractivity contribution in [1.29, 1.82) is 0 Å². The Kier molecular flexibility index (Phi) is 5.12. The zero-order valence-corrected chi connectivity index (χ0v) is 16.4. The largest absolute Gasteiger partial charge is 0.352 e. The molecule has 1 atom stereocenters. The third kappa shape index (κ3) is 4.03. The molecule has 29 heavy (non-hydrogen) atoms. The quantitative estimate of drug-likeness (QED) is 0.723. The van der Waals surface area contributed by atoms with Crippen LogP contribution in [0.5, 0.6) is 0 Å². The van der Waals surface area contributed by atoms with Gasteiger partial charge >= 0.3 is 0 Å². The van der Waals surface area contributed by atoms with Crippen molar-refractivity contribution in [3.05, 3.63) is 65.5 Å². The van der Waals surface area contributed by atoms with Gasteiger partial charge in [-0.3, -0.25) is 9.59 Å². The number of benzene rings is 2. The Labute approximate surface area is 168 Å². The van der Waals surface area contributed by atoms with E-state index in [0.29, 0.717) is 24.8 Å². The second kappa shape index (κ2) is 7.87. The highest BCUT2D eigenvalue weighted by molar-refractivity contribution is 6.00. The van der Waals surface area contributed by atoms with Crippen LogP contribution in [0, 0.1) is 19.8 Å². The Balaban J connectivity index is 1.44. The molecule has 1 N–H and O–H groups in total.